The SMILES string of the molecule is CC(C)(C)C(=O)NNC(=O)c1ccccc1Cl. The summed E-state index contributed by atoms with van der Waals surface area (Å²) in [6.45, 7) is 5.26. The fraction of sp³-hybridized carbons (Fsp3) is 0.333. The molecule has 0 aliphatic heterocycles. The first kappa shape index (κ1) is 13.5. The van der Waals surface area contributed by atoms with Crippen LogP contribution in [0.5, 0.6) is 0 Å². The van der Waals surface area contributed by atoms with Crippen LogP contribution in [0.2, 0.25) is 5.02 Å². The number of rotatable bonds is 1. The maximum Gasteiger partial charge on any atom is 0.271 e. The average molecular weight is 255 g/mol. The van der Waals surface area contributed by atoms with Gasteiger partial charge < -0.3 is 0 Å². The third-order valence-electron chi connectivity index (χ3n) is 2.09. The number of nitrogens with one attached hydrogen (secondary N) is 2. The monoisotopic (exact) mass is 254 g/mol. The van der Waals surface area contributed by atoms with Crippen LogP contribution in [0.25, 0.3) is 0 Å². The Bertz CT molecular complexity index is 438. The van der Waals surface area contributed by atoms with Gasteiger partial charge >= 0.3 is 0 Å². The van der Waals surface area contributed by atoms with Crippen molar-refractivity contribution in [2.24, 2.45) is 5.41 Å². The van der Waals surface area contributed by atoms with Gasteiger partial charge in [-0.25, -0.2) is 0 Å². The number of halogens is 1. The molecule has 0 saturated carbocycles. The second-order valence-corrected chi connectivity index (χ2v) is 5.05. The van der Waals surface area contributed by atoms with Gasteiger partial charge in [-0.1, -0.05) is 44.5 Å². The maximum atomic E-state index is 11.7. The summed E-state index contributed by atoms with van der Waals surface area (Å²) in [5.74, 6) is -0.703. The molecule has 0 aliphatic carbocycles. The minimum atomic E-state index is -0.562. The van der Waals surface area contributed by atoms with E-state index < -0.39 is 11.3 Å². The van der Waals surface area contributed by atoms with Crippen LogP contribution >= 0.6 is 11.6 Å². The van der Waals surface area contributed by atoms with E-state index in [-0.39, 0.29) is 5.91 Å². The van der Waals surface area contributed by atoms with Crippen molar-refractivity contribution in [3.63, 3.8) is 0 Å². The fourth-order valence-electron chi connectivity index (χ4n) is 1.01. The zero-order chi connectivity index (χ0) is 13.1. The molecule has 0 heterocycles. The summed E-state index contributed by atoms with van der Waals surface area (Å²) < 4.78 is 0. The van der Waals surface area contributed by atoms with Crippen LogP contribution in [0.4, 0.5) is 0 Å². The quantitative estimate of drug-likeness (QED) is 0.755. The normalized spacial score (nSPS) is 10.8. The molecule has 1 aromatic carbocycles. The summed E-state index contributed by atoms with van der Waals surface area (Å²) in [6, 6.07) is 6.63. The molecule has 0 radical (unpaired) electrons. The zero-order valence-electron chi connectivity index (χ0n) is 10.0. The van der Waals surface area contributed by atoms with Gasteiger partial charge in [0.1, 0.15) is 0 Å². The van der Waals surface area contributed by atoms with Crippen LogP contribution in [-0.2, 0) is 4.79 Å². The standard InChI is InChI=1S/C12H15ClN2O2/c1-12(2,3)11(17)15-14-10(16)8-6-4-5-7-9(8)13/h4-7H,1-3H3,(H,14,16)(H,15,17). The van der Waals surface area contributed by atoms with Gasteiger partial charge in [0.25, 0.3) is 5.91 Å². The van der Waals surface area contributed by atoms with E-state index in [1.807, 2.05) is 0 Å². The van der Waals surface area contributed by atoms with E-state index in [2.05, 4.69) is 10.9 Å². The molecule has 5 heteroatoms. The van der Waals surface area contributed by atoms with Gasteiger partial charge in [-0.15, -0.1) is 0 Å². The zero-order valence-corrected chi connectivity index (χ0v) is 10.8. The van der Waals surface area contributed by atoms with Gasteiger partial charge in [0, 0.05) is 5.41 Å². The molecule has 0 spiro atoms. The van der Waals surface area contributed by atoms with Gasteiger partial charge in [0.2, 0.25) is 5.91 Å². The predicted octanol–water partition coefficient (Wildman–Crippen LogP) is 2.15. The fourth-order valence-corrected chi connectivity index (χ4v) is 1.24. The lowest BCUT2D eigenvalue weighted by atomic mass is 9.96. The van der Waals surface area contributed by atoms with Crippen molar-refractivity contribution >= 4 is 23.4 Å². The molecule has 92 valence electrons. The molecule has 1 rings (SSSR count). The number of carbonyl (C=O) groups excluding carboxylic acids is 2. The molecule has 0 unspecified atom stereocenters. The lowest BCUT2D eigenvalue weighted by Crippen LogP contribution is -2.46. The van der Waals surface area contributed by atoms with Crippen molar-refractivity contribution in [1.82, 2.24) is 10.9 Å². The summed E-state index contributed by atoms with van der Waals surface area (Å²) >= 11 is 5.85. The summed E-state index contributed by atoms with van der Waals surface area (Å²) in [4.78, 5) is 23.2. The van der Waals surface area contributed by atoms with E-state index in [0.717, 1.165) is 0 Å². The molecule has 0 aliphatic rings. The number of hydrazine groups is 1. The molecule has 0 saturated heterocycles. The molecule has 0 atom stereocenters. The Kier molecular flexibility index (Phi) is 4.12. The molecule has 0 bridgehead atoms. The highest BCUT2D eigenvalue weighted by molar-refractivity contribution is 6.33. The minimum absolute atomic E-state index is 0.266. The van der Waals surface area contributed by atoms with Crippen molar-refractivity contribution in [2.45, 2.75) is 20.8 Å². The molecule has 4 nitrogen and oxygen atoms in total. The summed E-state index contributed by atoms with van der Waals surface area (Å²) in [7, 11) is 0. The second kappa shape index (κ2) is 5.19. The molecule has 0 fully saturated rings. The number of hydrogen-bond donors (Lipinski definition) is 2. The lowest BCUT2D eigenvalue weighted by molar-refractivity contribution is -0.129. The lowest BCUT2D eigenvalue weighted by Gasteiger charge is -2.18. The highest BCUT2D eigenvalue weighted by atomic mass is 35.5. The Hall–Kier alpha value is -1.55. The number of carbonyl (C=O) groups is 2. The highest BCUT2D eigenvalue weighted by Crippen LogP contribution is 2.15. The van der Waals surface area contributed by atoms with Gasteiger partial charge in [-0.3, -0.25) is 20.4 Å². The molecule has 2 amide bonds. The largest absolute Gasteiger partial charge is 0.273 e. The van der Waals surface area contributed by atoms with Gasteiger partial charge in [-0.2, -0.15) is 0 Å². The van der Waals surface area contributed by atoms with Gasteiger partial charge in [0.05, 0.1) is 10.6 Å². The van der Waals surface area contributed by atoms with E-state index in [1.54, 1.807) is 45.0 Å². The van der Waals surface area contributed by atoms with Crippen molar-refractivity contribution < 1.29 is 9.59 Å². The molecule has 17 heavy (non-hydrogen) atoms. The van der Waals surface area contributed by atoms with Crippen molar-refractivity contribution in [1.29, 1.82) is 0 Å². The Morgan fingerprint density at radius 3 is 2.24 bits per heavy atom. The van der Waals surface area contributed by atoms with E-state index >= 15 is 0 Å². The second-order valence-electron chi connectivity index (χ2n) is 4.64. The topological polar surface area (TPSA) is 58.2 Å². The molecule has 2 N–H and O–H groups in total. The maximum absolute atomic E-state index is 11.7. The summed E-state index contributed by atoms with van der Waals surface area (Å²) in [6.07, 6.45) is 0. The van der Waals surface area contributed by atoms with Crippen LogP contribution in [0.1, 0.15) is 31.1 Å². The number of hydrogen-bond acceptors (Lipinski definition) is 2. The number of benzene rings is 1. The van der Waals surface area contributed by atoms with E-state index in [9.17, 15) is 9.59 Å². The third-order valence-corrected chi connectivity index (χ3v) is 2.42. The first-order chi connectivity index (χ1) is 7.82. The highest BCUT2D eigenvalue weighted by Gasteiger charge is 2.21. The molecule has 1 aromatic rings. The summed E-state index contributed by atoms with van der Waals surface area (Å²) in [5.41, 5.74) is 4.43. The van der Waals surface area contributed by atoms with Crippen LogP contribution in [0.15, 0.2) is 24.3 Å². The minimum Gasteiger partial charge on any atom is -0.273 e. The summed E-state index contributed by atoms with van der Waals surface area (Å²) in [5, 5.41) is 0.343. The van der Waals surface area contributed by atoms with Crippen molar-refractivity contribution in [3.8, 4) is 0 Å². The first-order valence-corrected chi connectivity index (χ1v) is 5.55. The predicted molar refractivity (Wildman–Crippen MR) is 66.5 cm³/mol. The molecular weight excluding hydrogens is 240 g/mol. The van der Waals surface area contributed by atoms with E-state index in [1.165, 1.54) is 0 Å². The third kappa shape index (κ3) is 3.75. The van der Waals surface area contributed by atoms with Crippen LogP contribution in [0, 0.1) is 5.41 Å². The van der Waals surface area contributed by atoms with Crippen LogP contribution < -0.4 is 10.9 Å². The Balaban J connectivity index is 2.63. The Morgan fingerprint density at radius 1 is 1.12 bits per heavy atom. The Labute approximate surface area is 105 Å². The number of amides is 2. The van der Waals surface area contributed by atoms with E-state index in [0.29, 0.717) is 10.6 Å². The van der Waals surface area contributed by atoms with Gasteiger partial charge in [-0.05, 0) is 12.1 Å². The van der Waals surface area contributed by atoms with Crippen LogP contribution in [0.3, 0.4) is 0 Å². The average Bonchev–Trinajstić information content (AvgIpc) is 2.24. The first-order valence-electron chi connectivity index (χ1n) is 5.17. The van der Waals surface area contributed by atoms with Crippen molar-refractivity contribution in [2.75, 3.05) is 0 Å². The van der Waals surface area contributed by atoms with Crippen molar-refractivity contribution in [3.05, 3.63) is 34.9 Å². The Morgan fingerprint density at radius 2 is 1.71 bits per heavy atom. The van der Waals surface area contributed by atoms with Crippen LogP contribution in [-0.4, -0.2) is 11.8 Å². The molecule has 0 aromatic heterocycles. The van der Waals surface area contributed by atoms with Gasteiger partial charge in [0.15, 0.2) is 0 Å². The molecular formula is C12H15ClN2O2. The van der Waals surface area contributed by atoms with E-state index in [4.69, 9.17) is 11.6 Å². The smallest absolute Gasteiger partial charge is 0.271 e.